The van der Waals surface area contributed by atoms with Gasteiger partial charge in [-0.1, -0.05) is 54.1 Å². The van der Waals surface area contributed by atoms with E-state index in [0.29, 0.717) is 24.7 Å². The van der Waals surface area contributed by atoms with Crippen LogP contribution in [0.15, 0.2) is 35.5 Å². The van der Waals surface area contributed by atoms with Gasteiger partial charge < -0.3 is 4.90 Å². The molecule has 2 heterocycles. The lowest BCUT2D eigenvalue weighted by atomic mass is 9.88. The van der Waals surface area contributed by atoms with Crippen molar-refractivity contribution in [3.63, 3.8) is 0 Å². The average Bonchev–Trinajstić information content (AvgIpc) is 2.78. The summed E-state index contributed by atoms with van der Waals surface area (Å²) in [5.41, 5.74) is 1.17. The molecule has 0 unspecified atom stereocenters. The minimum atomic E-state index is -4.05. The van der Waals surface area contributed by atoms with Crippen molar-refractivity contribution >= 4 is 56.4 Å². The molecule has 1 aliphatic carbocycles. The summed E-state index contributed by atoms with van der Waals surface area (Å²) >= 11 is 18.1. The first-order valence-corrected chi connectivity index (χ1v) is 14.4. The summed E-state index contributed by atoms with van der Waals surface area (Å²) in [6, 6.07) is 4.53. The topological polar surface area (TPSA) is 82.6 Å². The van der Waals surface area contributed by atoms with Crippen LogP contribution in [0.1, 0.15) is 44.6 Å². The molecule has 1 atom stereocenters. The Hall–Kier alpha value is -1.58. The molecule has 1 aromatic heterocycles. The lowest BCUT2D eigenvalue weighted by Gasteiger charge is -2.41. The summed E-state index contributed by atoms with van der Waals surface area (Å²) in [5, 5.41) is 0.125. The molecule has 2 aromatic rings. The molecule has 11 heteroatoms. The van der Waals surface area contributed by atoms with E-state index >= 15 is 0 Å². The summed E-state index contributed by atoms with van der Waals surface area (Å²) < 4.78 is 28.4. The first-order valence-electron chi connectivity index (χ1n) is 11.8. The molecule has 1 aromatic carbocycles. The summed E-state index contributed by atoms with van der Waals surface area (Å²) in [6.07, 6.45) is 8.68. The van der Waals surface area contributed by atoms with Gasteiger partial charge in [0.25, 0.3) is 10.0 Å². The van der Waals surface area contributed by atoms with E-state index in [0.717, 1.165) is 44.3 Å². The number of aromatic nitrogens is 1. The monoisotopic (exact) mass is 558 g/mol. The quantitative estimate of drug-likeness (QED) is 0.508. The van der Waals surface area contributed by atoms with E-state index in [-0.39, 0.29) is 31.9 Å². The summed E-state index contributed by atoms with van der Waals surface area (Å²) in [6.45, 7) is 4.90. The molecule has 1 N–H and O–H groups in total. The Morgan fingerprint density at radius 2 is 1.74 bits per heavy atom. The van der Waals surface area contributed by atoms with Crippen molar-refractivity contribution < 1.29 is 13.2 Å². The maximum absolute atomic E-state index is 13.0. The first-order chi connectivity index (χ1) is 16.6. The zero-order chi connectivity index (χ0) is 25.2. The van der Waals surface area contributed by atoms with E-state index in [1.54, 1.807) is 12.3 Å². The first kappa shape index (κ1) is 26.5. The van der Waals surface area contributed by atoms with Gasteiger partial charge in [-0.3, -0.25) is 19.4 Å². The van der Waals surface area contributed by atoms with E-state index in [1.807, 2.05) is 4.90 Å². The van der Waals surface area contributed by atoms with Crippen LogP contribution >= 0.6 is 34.8 Å². The summed E-state index contributed by atoms with van der Waals surface area (Å²) in [7, 11) is -4.05. The maximum Gasteiger partial charge on any atom is 0.264 e. The number of nitrogens with zero attached hydrogens (tertiary/aromatic N) is 3. The van der Waals surface area contributed by atoms with Crippen molar-refractivity contribution in [3.8, 4) is 0 Å². The standard InChI is InChI=1S/C24H29Cl3N4O3S/c1-16-14-30(7-8-31(16)24(32)18-5-3-2-4-6-18)15-17-9-20(13-28-12-17)29-35(33,34)23-21(26)10-19(25)11-22(23)27/h9-13,16,18,29H,2-8,14-15H2,1H3/t16-/m0/s1. The molecule has 2 aliphatic rings. The average molecular weight is 560 g/mol. The van der Waals surface area contributed by atoms with Gasteiger partial charge in [-0.15, -0.1) is 0 Å². The Morgan fingerprint density at radius 3 is 2.40 bits per heavy atom. The van der Waals surface area contributed by atoms with Crippen molar-refractivity contribution in [1.82, 2.24) is 14.8 Å². The fraction of sp³-hybridized carbons (Fsp3) is 0.500. The Labute approximate surface area is 221 Å². The van der Waals surface area contributed by atoms with Crippen LogP contribution in [0.3, 0.4) is 0 Å². The number of nitrogens with one attached hydrogen (secondary N) is 1. The van der Waals surface area contributed by atoms with Gasteiger partial charge in [0.15, 0.2) is 0 Å². The minimum Gasteiger partial charge on any atom is -0.337 e. The number of rotatable bonds is 6. The number of sulfonamides is 1. The van der Waals surface area contributed by atoms with Crippen molar-refractivity contribution in [2.75, 3.05) is 24.4 Å². The van der Waals surface area contributed by atoms with Gasteiger partial charge in [0.05, 0.1) is 21.9 Å². The SMILES string of the molecule is C[C@H]1CN(Cc2cncc(NS(=O)(=O)c3c(Cl)cc(Cl)cc3Cl)c2)CCN1C(=O)C1CCCCC1. The van der Waals surface area contributed by atoms with E-state index in [4.69, 9.17) is 34.8 Å². The predicted molar refractivity (Wildman–Crippen MR) is 140 cm³/mol. The van der Waals surface area contributed by atoms with Crippen LogP contribution in [-0.4, -0.2) is 54.8 Å². The number of hydrogen-bond acceptors (Lipinski definition) is 5. The van der Waals surface area contributed by atoms with Gasteiger partial charge in [-0.25, -0.2) is 8.42 Å². The Kier molecular flexibility index (Phi) is 8.49. The highest BCUT2D eigenvalue weighted by molar-refractivity contribution is 7.93. The minimum absolute atomic E-state index is 0.0613. The number of halogens is 3. The van der Waals surface area contributed by atoms with E-state index in [2.05, 4.69) is 21.5 Å². The molecule has 1 saturated heterocycles. The molecule has 1 aliphatic heterocycles. The molecule has 35 heavy (non-hydrogen) atoms. The lowest BCUT2D eigenvalue weighted by molar-refractivity contribution is -0.141. The number of hydrogen-bond donors (Lipinski definition) is 1. The molecule has 2 fully saturated rings. The normalized spacial score (nSPS) is 20.1. The number of anilines is 1. The van der Waals surface area contributed by atoms with Crippen molar-refractivity contribution in [2.24, 2.45) is 5.92 Å². The highest BCUT2D eigenvalue weighted by Gasteiger charge is 2.32. The number of pyridine rings is 1. The van der Waals surface area contributed by atoms with Crippen molar-refractivity contribution in [1.29, 1.82) is 0 Å². The van der Waals surface area contributed by atoms with Crippen LogP contribution in [0.5, 0.6) is 0 Å². The van der Waals surface area contributed by atoms with Gasteiger partial charge in [0.1, 0.15) is 4.90 Å². The van der Waals surface area contributed by atoms with E-state index in [1.165, 1.54) is 24.8 Å². The fourth-order valence-corrected chi connectivity index (χ4v) is 7.55. The van der Waals surface area contributed by atoms with Crippen LogP contribution < -0.4 is 4.72 Å². The second kappa shape index (κ2) is 11.2. The number of carbonyl (C=O) groups is 1. The molecule has 190 valence electrons. The Bertz CT molecular complexity index is 1170. The largest absolute Gasteiger partial charge is 0.337 e. The third-order valence-electron chi connectivity index (χ3n) is 6.63. The van der Waals surface area contributed by atoms with Crippen LogP contribution in [0.2, 0.25) is 15.1 Å². The Morgan fingerprint density at radius 1 is 1.06 bits per heavy atom. The molecule has 4 rings (SSSR count). The molecule has 0 spiro atoms. The van der Waals surface area contributed by atoms with Crippen LogP contribution in [0.4, 0.5) is 5.69 Å². The van der Waals surface area contributed by atoms with Crippen LogP contribution in [0.25, 0.3) is 0 Å². The predicted octanol–water partition coefficient (Wildman–Crippen LogP) is 5.46. The Balaban J connectivity index is 1.40. The second-order valence-corrected chi connectivity index (χ2v) is 12.2. The lowest BCUT2D eigenvalue weighted by Crippen LogP contribution is -2.55. The maximum atomic E-state index is 13.0. The molecule has 0 bridgehead atoms. The van der Waals surface area contributed by atoms with E-state index < -0.39 is 10.0 Å². The molecule has 0 radical (unpaired) electrons. The third-order valence-corrected chi connectivity index (χ3v) is 9.15. The molecule has 1 amide bonds. The fourth-order valence-electron chi connectivity index (χ4n) is 4.97. The zero-order valence-electron chi connectivity index (χ0n) is 19.5. The van der Waals surface area contributed by atoms with Gasteiger partial charge in [0, 0.05) is 49.4 Å². The highest BCUT2D eigenvalue weighted by atomic mass is 35.5. The third kappa shape index (κ3) is 6.41. The summed E-state index contributed by atoms with van der Waals surface area (Å²) in [4.78, 5) is 21.3. The number of piperazine rings is 1. The highest BCUT2D eigenvalue weighted by Crippen LogP contribution is 2.34. The number of carbonyl (C=O) groups excluding carboxylic acids is 1. The molecular weight excluding hydrogens is 531 g/mol. The smallest absolute Gasteiger partial charge is 0.264 e. The molecule has 1 saturated carbocycles. The van der Waals surface area contributed by atoms with Crippen molar-refractivity contribution in [2.45, 2.75) is 56.5 Å². The van der Waals surface area contributed by atoms with Gasteiger partial charge >= 0.3 is 0 Å². The summed E-state index contributed by atoms with van der Waals surface area (Å²) in [5.74, 6) is 0.476. The molecular formula is C24H29Cl3N4O3S. The molecule has 7 nitrogen and oxygen atoms in total. The van der Waals surface area contributed by atoms with Gasteiger partial charge in [-0.2, -0.15) is 0 Å². The van der Waals surface area contributed by atoms with Crippen molar-refractivity contribution in [3.05, 3.63) is 51.2 Å². The van der Waals surface area contributed by atoms with Crippen LogP contribution in [0, 0.1) is 5.92 Å². The zero-order valence-corrected chi connectivity index (χ0v) is 22.6. The second-order valence-electron chi connectivity index (χ2n) is 9.34. The van der Waals surface area contributed by atoms with E-state index in [9.17, 15) is 13.2 Å². The van der Waals surface area contributed by atoms with Crippen LogP contribution in [-0.2, 0) is 21.4 Å². The van der Waals surface area contributed by atoms with Gasteiger partial charge in [-0.05, 0) is 43.5 Å². The number of benzene rings is 1. The van der Waals surface area contributed by atoms with Gasteiger partial charge in [0.2, 0.25) is 5.91 Å². The number of amides is 1.